The van der Waals surface area contributed by atoms with Crippen LogP contribution in [0.25, 0.3) is 10.9 Å². The van der Waals surface area contributed by atoms with Crippen LogP contribution in [0.3, 0.4) is 0 Å². The third-order valence-corrected chi connectivity index (χ3v) is 3.54. The number of benzene rings is 2. The van der Waals surface area contributed by atoms with E-state index >= 15 is 0 Å². The Morgan fingerprint density at radius 2 is 1.83 bits per heavy atom. The standard InChI is InChI=1S/C18H15N5O4.ClH.Zn/c24-14-8-4-1-5-11(14)10-19-21-15(25)9-16(26)22-23-17-12-6-2-3-7-13(12)20-18(17)27;;/h1-8,10,20,24,27H,9H2,(H,21,25);1H;/q;;+2/p-2/b19-10+,23-22?;;. The number of nitrogens with one attached hydrogen (secondary N) is 2. The molecule has 0 radical (unpaired) electrons. The second kappa shape index (κ2) is 11.0. The summed E-state index contributed by atoms with van der Waals surface area (Å²) in [5, 5.41) is 32.7. The molecule has 11 heteroatoms. The van der Waals surface area contributed by atoms with Crippen molar-refractivity contribution in [1.29, 1.82) is 0 Å². The van der Waals surface area contributed by atoms with Crippen molar-refractivity contribution in [3.8, 4) is 11.6 Å². The largest absolute Gasteiger partial charge is 2.00 e. The summed E-state index contributed by atoms with van der Waals surface area (Å²) in [7, 11) is 0. The Bertz CT molecular complexity index is 1070. The van der Waals surface area contributed by atoms with Crippen molar-refractivity contribution < 1.29 is 51.7 Å². The SMILES string of the molecule is O=C(CC(=O)N/N=C/c1ccccc1[O-])N=Nc1c(O)[nH]c2ccccc12.[Cl-].[Zn+2]. The first-order chi connectivity index (χ1) is 13.0. The molecule has 0 saturated carbocycles. The van der Waals surface area contributed by atoms with E-state index in [1.807, 2.05) is 0 Å². The van der Waals surface area contributed by atoms with Gasteiger partial charge in [-0.25, -0.2) is 5.43 Å². The summed E-state index contributed by atoms with van der Waals surface area (Å²) >= 11 is 0. The number of azo groups is 1. The van der Waals surface area contributed by atoms with Crippen LogP contribution in [-0.2, 0) is 29.1 Å². The Morgan fingerprint density at radius 3 is 2.59 bits per heavy atom. The molecule has 2 aromatic carbocycles. The number of H-pyrrole nitrogens is 1. The molecule has 29 heavy (non-hydrogen) atoms. The van der Waals surface area contributed by atoms with E-state index in [-0.39, 0.29) is 49.2 Å². The zero-order valence-corrected chi connectivity index (χ0v) is 18.7. The molecule has 0 aliphatic heterocycles. The molecule has 0 atom stereocenters. The molecular weight excluding hydrogens is 451 g/mol. The first-order valence-corrected chi connectivity index (χ1v) is 7.87. The average Bonchev–Trinajstić information content (AvgIpc) is 2.96. The van der Waals surface area contributed by atoms with Gasteiger partial charge >= 0.3 is 19.5 Å². The van der Waals surface area contributed by atoms with Crippen LogP contribution >= 0.6 is 0 Å². The van der Waals surface area contributed by atoms with Crippen LogP contribution in [-0.4, -0.2) is 28.1 Å². The summed E-state index contributed by atoms with van der Waals surface area (Å²) in [6.07, 6.45) is 0.610. The van der Waals surface area contributed by atoms with Gasteiger partial charge in [0.25, 0.3) is 5.91 Å². The van der Waals surface area contributed by atoms with E-state index in [1.54, 1.807) is 42.5 Å². The van der Waals surface area contributed by atoms with Crippen LogP contribution in [0.5, 0.6) is 11.6 Å². The van der Waals surface area contributed by atoms with Gasteiger partial charge in [-0.15, -0.1) is 10.2 Å². The molecule has 9 nitrogen and oxygen atoms in total. The minimum Gasteiger partial charge on any atom is -1.00 e. The molecule has 3 N–H and O–H groups in total. The quantitative estimate of drug-likeness (QED) is 0.148. The molecule has 3 aromatic rings. The molecule has 0 bridgehead atoms. The van der Waals surface area contributed by atoms with E-state index in [4.69, 9.17) is 0 Å². The molecule has 0 unspecified atom stereocenters. The molecule has 2 amide bonds. The van der Waals surface area contributed by atoms with Crippen molar-refractivity contribution in [2.45, 2.75) is 6.42 Å². The van der Waals surface area contributed by atoms with Crippen LogP contribution in [0.1, 0.15) is 12.0 Å². The van der Waals surface area contributed by atoms with E-state index in [9.17, 15) is 19.8 Å². The second-order valence-corrected chi connectivity index (χ2v) is 5.47. The van der Waals surface area contributed by atoms with Crippen molar-refractivity contribution in [3.63, 3.8) is 0 Å². The molecular formula is C18H14ClN5O4Zn. The molecule has 144 valence electrons. The number of nitrogens with zero attached hydrogens (tertiary/aromatic N) is 3. The third-order valence-electron chi connectivity index (χ3n) is 3.54. The maximum atomic E-state index is 11.8. The monoisotopic (exact) mass is 463 g/mol. The van der Waals surface area contributed by atoms with Crippen LogP contribution < -0.4 is 22.9 Å². The fraction of sp³-hybridized carbons (Fsp3) is 0.0556. The van der Waals surface area contributed by atoms with Gasteiger partial charge in [-0.05, 0) is 11.6 Å². The number of rotatable bonds is 5. The molecule has 0 saturated heterocycles. The predicted molar refractivity (Wildman–Crippen MR) is 95.7 cm³/mol. The van der Waals surface area contributed by atoms with Gasteiger partial charge < -0.3 is 27.6 Å². The first kappa shape index (κ1) is 23.9. The number of hydrazone groups is 1. The van der Waals surface area contributed by atoms with Gasteiger partial charge in [0.05, 0.1) is 11.7 Å². The van der Waals surface area contributed by atoms with Crippen LogP contribution in [0, 0.1) is 0 Å². The van der Waals surface area contributed by atoms with Crippen LogP contribution in [0.4, 0.5) is 5.69 Å². The number of hydrogen-bond acceptors (Lipinski definition) is 6. The van der Waals surface area contributed by atoms with E-state index < -0.39 is 18.2 Å². The van der Waals surface area contributed by atoms with Crippen LogP contribution in [0.15, 0.2) is 63.9 Å². The smallest absolute Gasteiger partial charge is 1.00 e. The fourth-order valence-electron chi connectivity index (χ4n) is 2.29. The van der Waals surface area contributed by atoms with Gasteiger partial charge in [0.2, 0.25) is 11.8 Å². The molecule has 3 rings (SSSR count). The normalized spacial score (nSPS) is 10.6. The Morgan fingerprint density at radius 1 is 1.14 bits per heavy atom. The zero-order chi connectivity index (χ0) is 19.2. The maximum absolute atomic E-state index is 11.8. The van der Waals surface area contributed by atoms with Crippen molar-refractivity contribution >= 4 is 34.6 Å². The van der Waals surface area contributed by atoms with Crippen molar-refractivity contribution in [3.05, 3.63) is 54.1 Å². The molecule has 0 aliphatic carbocycles. The summed E-state index contributed by atoms with van der Waals surface area (Å²) in [6.45, 7) is 0. The third kappa shape index (κ3) is 6.20. The first-order valence-electron chi connectivity index (χ1n) is 7.87. The van der Waals surface area contributed by atoms with E-state index in [0.29, 0.717) is 16.5 Å². The van der Waals surface area contributed by atoms with E-state index in [0.717, 1.165) is 0 Å². The predicted octanol–water partition coefficient (Wildman–Crippen LogP) is -0.901. The minimum absolute atomic E-state index is 0. The number of aromatic nitrogens is 1. The number of amides is 2. The number of para-hydroxylation sites is 2. The topological polar surface area (TPSA) is 142 Å². The van der Waals surface area contributed by atoms with Gasteiger partial charge in [-0.1, -0.05) is 48.2 Å². The number of carbonyl (C=O) groups is 2. The Hall–Kier alpha value is -3.10. The Labute approximate surface area is 184 Å². The summed E-state index contributed by atoms with van der Waals surface area (Å²) in [4.78, 5) is 26.2. The Kier molecular flexibility index (Phi) is 9.11. The fourth-order valence-corrected chi connectivity index (χ4v) is 2.29. The second-order valence-electron chi connectivity index (χ2n) is 5.47. The molecule has 1 heterocycles. The van der Waals surface area contributed by atoms with E-state index in [1.165, 1.54) is 12.3 Å². The molecule has 1 aromatic heterocycles. The average molecular weight is 465 g/mol. The van der Waals surface area contributed by atoms with Gasteiger partial charge in [0.1, 0.15) is 6.42 Å². The maximum Gasteiger partial charge on any atom is 2.00 e. The molecule has 0 fully saturated rings. The zero-order valence-electron chi connectivity index (χ0n) is 15.0. The summed E-state index contributed by atoms with van der Waals surface area (Å²) < 4.78 is 0. The summed E-state index contributed by atoms with van der Waals surface area (Å²) in [6, 6.07) is 13.1. The number of halogens is 1. The minimum atomic E-state index is -0.809. The van der Waals surface area contributed by atoms with Crippen LogP contribution in [0.2, 0.25) is 0 Å². The van der Waals surface area contributed by atoms with Gasteiger partial charge in [0.15, 0.2) is 5.69 Å². The van der Waals surface area contributed by atoms with Crippen molar-refractivity contribution in [1.82, 2.24) is 10.4 Å². The Balaban J connectivity index is 0.00000210. The summed E-state index contributed by atoms with van der Waals surface area (Å²) in [5.74, 6) is -1.98. The van der Waals surface area contributed by atoms with Crippen molar-refractivity contribution in [2.75, 3.05) is 0 Å². The number of hydrogen-bond donors (Lipinski definition) is 3. The number of aromatic amines is 1. The van der Waals surface area contributed by atoms with Crippen molar-refractivity contribution in [2.24, 2.45) is 15.3 Å². The van der Waals surface area contributed by atoms with E-state index in [2.05, 4.69) is 25.7 Å². The number of fused-ring (bicyclic) bond motifs is 1. The van der Waals surface area contributed by atoms with Gasteiger partial charge in [0, 0.05) is 5.39 Å². The summed E-state index contributed by atoms with van der Waals surface area (Å²) in [5.41, 5.74) is 3.20. The molecule has 0 aliphatic rings. The van der Waals surface area contributed by atoms with Gasteiger partial charge in [-0.2, -0.15) is 5.10 Å². The molecule has 0 spiro atoms. The number of aromatic hydroxyl groups is 1. The van der Waals surface area contributed by atoms with Gasteiger partial charge in [-0.3, -0.25) is 9.59 Å². The number of carbonyl (C=O) groups excluding carboxylic acids is 2.